The quantitative estimate of drug-likeness (QED) is 0.704. The largest absolute Gasteiger partial charge is 0.455 e. The highest BCUT2D eigenvalue weighted by molar-refractivity contribution is 6.34. The molecule has 158 valence electrons. The van der Waals surface area contributed by atoms with Crippen LogP contribution in [0.2, 0.25) is 5.02 Å². The summed E-state index contributed by atoms with van der Waals surface area (Å²) in [4.78, 5) is 38.5. The van der Waals surface area contributed by atoms with E-state index >= 15 is 0 Å². The summed E-state index contributed by atoms with van der Waals surface area (Å²) in [6.07, 6.45) is 0.984. The van der Waals surface area contributed by atoms with E-state index in [0.29, 0.717) is 10.7 Å². The second-order valence-corrected chi connectivity index (χ2v) is 7.93. The maximum atomic E-state index is 12.4. The number of anilines is 2. The van der Waals surface area contributed by atoms with Crippen LogP contribution in [0.5, 0.6) is 0 Å². The summed E-state index contributed by atoms with van der Waals surface area (Å²) in [5, 5.41) is 3.11. The minimum Gasteiger partial charge on any atom is -0.455 e. The summed E-state index contributed by atoms with van der Waals surface area (Å²) in [6.45, 7) is 5.63. The Balaban J connectivity index is 1.55. The van der Waals surface area contributed by atoms with Crippen LogP contribution in [0.15, 0.2) is 36.4 Å². The van der Waals surface area contributed by atoms with Gasteiger partial charge in [-0.05, 0) is 55.2 Å². The van der Waals surface area contributed by atoms with Crippen LogP contribution in [0, 0.1) is 19.8 Å². The summed E-state index contributed by atoms with van der Waals surface area (Å²) >= 11 is 6.19. The van der Waals surface area contributed by atoms with Crippen molar-refractivity contribution < 1.29 is 19.1 Å². The number of rotatable bonds is 6. The fourth-order valence-electron chi connectivity index (χ4n) is 3.53. The molecule has 1 heterocycles. The fraction of sp³-hybridized carbons (Fsp3) is 0.348. The molecule has 6 nitrogen and oxygen atoms in total. The molecule has 0 radical (unpaired) electrons. The van der Waals surface area contributed by atoms with Crippen molar-refractivity contribution in [2.75, 3.05) is 23.4 Å². The van der Waals surface area contributed by atoms with Gasteiger partial charge in [-0.25, -0.2) is 0 Å². The first-order valence-electron chi connectivity index (χ1n) is 9.91. The molecule has 0 spiro atoms. The Bertz CT molecular complexity index is 949. The lowest BCUT2D eigenvalue weighted by molar-refractivity contribution is -0.151. The molecule has 2 aromatic rings. The first-order valence-corrected chi connectivity index (χ1v) is 10.3. The number of amides is 2. The zero-order valence-electron chi connectivity index (χ0n) is 17.3. The lowest BCUT2D eigenvalue weighted by atomic mass is 10.1. The second kappa shape index (κ2) is 9.30. The summed E-state index contributed by atoms with van der Waals surface area (Å²) in [6, 6.07) is 11.4. The fourth-order valence-corrected chi connectivity index (χ4v) is 3.90. The highest BCUT2D eigenvalue weighted by Gasteiger charge is 2.36. The first kappa shape index (κ1) is 21.8. The number of nitrogens with zero attached hydrogens (tertiary/aromatic N) is 1. The van der Waals surface area contributed by atoms with E-state index in [1.165, 1.54) is 5.56 Å². The van der Waals surface area contributed by atoms with Crippen molar-refractivity contribution in [3.05, 3.63) is 58.1 Å². The van der Waals surface area contributed by atoms with Crippen LogP contribution >= 0.6 is 11.6 Å². The van der Waals surface area contributed by atoms with E-state index in [1.807, 2.05) is 44.2 Å². The van der Waals surface area contributed by atoms with Gasteiger partial charge in [0.1, 0.15) is 0 Å². The minimum absolute atomic E-state index is 0.0683. The van der Waals surface area contributed by atoms with Gasteiger partial charge in [0.25, 0.3) is 5.91 Å². The molecule has 2 aromatic carbocycles. The van der Waals surface area contributed by atoms with Crippen LogP contribution in [0.25, 0.3) is 0 Å². The summed E-state index contributed by atoms with van der Waals surface area (Å²) < 4.78 is 5.16. The zero-order chi connectivity index (χ0) is 21.8. The van der Waals surface area contributed by atoms with Gasteiger partial charge in [0, 0.05) is 18.7 Å². The molecule has 1 saturated heterocycles. The summed E-state index contributed by atoms with van der Waals surface area (Å²) in [7, 11) is 0. The van der Waals surface area contributed by atoms with Crippen LogP contribution < -0.4 is 10.2 Å². The number of aryl methyl sites for hydroxylation is 3. The average molecular weight is 429 g/mol. The van der Waals surface area contributed by atoms with E-state index in [0.717, 1.165) is 23.2 Å². The van der Waals surface area contributed by atoms with Crippen LogP contribution in [-0.2, 0) is 25.5 Å². The van der Waals surface area contributed by atoms with Crippen molar-refractivity contribution in [3.63, 3.8) is 0 Å². The third-order valence-electron chi connectivity index (χ3n) is 5.16. The maximum absolute atomic E-state index is 12.4. The van der Waals surface area contributed by atoms with E-state index in [-0.39, 0.29) is 18.9 Å². The number of hydrogen-bond donors (Lipinski definition) is 1. The zero-order valence-corrected chi connectivity index (χ0v) is 18.1. The molecule has 1 aliphatic heterocycles. The molecular weight excluding hydrogens is 404 g/mol. The number of ether oxygens (including phenoxy) is 1. The predicted molar refractivity (Wildman–Crippen MR) is 117 cm³/mol. The number of esters is 1. The van der Waals surface area contributed by atoms with E-state index in [2.05, 4.69) is 12.2 Å². The number of hydrogen-bond acceptors (Lipinski definition) is 4. The SMILES string of the molecule is CCc1ccc(N2CC(C(=O)OCC(=O)Nc3c(C)cc(C)cc3Cl)CC2=O)cc1. The van der Waals surface area contributed by atoms with Gasteiger partial charge in [0.15, 0.2) is 6.61 Å². The van der Waals surface area contributed by atoms with Crippen molar-refractivity contribution >= 4 is 40.8 Å². The van der Waals surface area contributed by atoms with Crippen LogP contribution in [0.1, 0.15) is 30.0 Å². The summed E-state index contributed by atoms with van der Waals surface area (Å²) in [5.41, 5.74) is 4.25. The Labute approximate surface area is 181 Å². The number of carbonyl (C=O) groups excluding carboxylic acids is 3. The van der Waals surface area contributed by atoms with Crippen molar-refractivity contribution in [2.24, 2.45) is 5.92 Å². The molecule has 1 N–H and O–H groups in total. The van der Waals surface area contributed by atoms with Gasteiger partial charge in [0.2, 0.25) is 5.91 Å². The Morgan fingerprint density at radius 3 is 2.53 bits per heavy atom. The third-order valence-corrected chi connectivity index (χ3v) is 5.45. The molecule has 1 aliphatic rings. The predicted octanol–water partition coefficient (Wildman–Crippen LogP) is 4.05. The average Bonchev–Trinajstić information content (AvgIpc) is 3.10. The van der Waals surface area contributed by atoms with E-state index < -0.39 is 24.4 Å². The molecule has 1 atom stereocenters. The number of halogens is 1. The van der Waals surface area contributed by atoms with Crippen molar-refractivity contribution in [2.45, 2.75) is 33.6 Å². The molecule has 2 amide bonds. The highest BCUT2D eigenvalue weighted by atomic mass is 35.5. The molecule has 1 fully saturated rings. The Morgan fingerprint density at radius 2 is 1.90 bits per heavy atom. The Hall–Kier alpha value is -2.86. The maximum Gasteiger partial charge on any atom is 0.311 e. The topological polar surface area (TPSA) is 75.7 Å². The number of nitrogens with one attached hydrogen (secondary N) is 1. The van der Waals surface area contributed by atoms with Crippen LogP contribution in [0.3, 0.4) is 0 Å². The third kappa shape index (κ3) is 5.00. The van der Waals surface area contributed by atoms with Gasteiger partial charge in [-0.2, -0.15) is 0 Å². The molecule has 0 saturated carbocycles. The van der Waals surface area contributed by atoms with E-state index in [1.54, 1.807) is 11.0 Å². The van der Waals surface area contributed by atoms with E-state index in [4.69, 9.17) is 16.3 Å². The molecule has 30 heavy (non-hydrogen) atoms. The van der Waals surface area contributed by atoms with Gasteiger partial charge in [-0.1, -0.05) is 36.7 Å². The second-order valence-electron chi connectivity index (χ2n) is 7.52. The Morgan fingerprint density at radius 1 is 1.20 bits per heavy atom. The first-order chi connectivity index (χ1) is 14.3. The lowest BCUT2D eigenvalue weighted by Crippen LogP contribution is -2.28. The monoisotopic (exact) mass is 428 g/mol. The minimum atomic E-state index is -0.596. The summed E-state index contributed by atoms with van der Waals surface area (Å²) in [5.74, 6) is -1.76. The molecule has 0 aliphatic carbocycles. The van der Waals surface area contributed by atoms with Crippen molar-refractivity contribution in [1.82, 2.24) is 0 Å². The van der Waals surface area contributed by atoms with Crippen molar-refractivity contribution in [1.29, 1.82) is 0 Å². The van der Waals surface area contributed by atoms with Gasteiger partial charge >= 0.3 is 5.97 Å². The standard InChI is InChI=1S/C23H25ClN2O4/c1-4-16-5-7-18(8-6-16)26-12-17(11-21(26)28)23(29)30-13-20(27)25-22-15(3)9-14(2)10-19(22)24/h5-10,17H,4,11-13H2,1-3H3,(H,25,27). The molecule has 7 heteroatoms. The smallest absolute Gasteiger partial charge is 0.311 e. The Kier molecular flexibility index (Phi) is 6.77. The molecule has 0 aromatic heterocycles. The molecule has 1 unspecified atom stereocenters. The lowest BCUT2D eigenvalue weighted by Gasteiger charge is -2.17. The number of carbonyl (C=O) groups is 3. The van der Waals surface area contributed by atoms with Gasteiger partial charge < -0.3 is 15.0 Å². The van der Waals surface area contributed by atoms with E-state index in [9.17, 15) is 14.4 Å². The highest BCUT2D eigenvalue weighted by Crippen LogP contribution is 2.28. The van der Waals surface area contributed by atoms with Crippen LogP contribution in [0.4, 0.5) is 11.4 Å². The molecule has 3 rings (SSSR count). The number of benzene rings is 2. The normalized spacial score (nSPS) is 15.9. The molecular formula is C23H25ClN2O4. The van der Waals surface area contributed by atoms with Gasteiger partial charge in [-0.3, -0.25) is 14.4 Å². The van der Waals surface area contributed by atoms with Gasteiger partial charge in [0.05, 0.1) is 16.6 Å². The van der Waals surface area contributed by atoms with Crippen molar-refractivity contribution in [3.8, 4) is 0 Å². The van der Waals surface area contributed by atoms with Gasteiger partial charge in [-0.15, -0.1) is 0 Å². The molecule has 0 bridgehead atoms. The van der Waals surface area contributed by atoms with Crippen LogP contribution in [-0.4, -0.2) is 30.9 Å².